The van der Waals surface area contributed by atoms with Gasteiger partial charge in [-0.25, -0.2) is 0 Å². The van der Waals surface area contributed by atoms with Crippen molar-refractivity contribution in [2.75, 3.05) is 0 Å². The van der Waals surface area contributed by atoms with Gasteiger partial charge in [0.05, 0.1) is 0 Å². The SMILES string of the molecule is C=C.Cc1ccc(C)c(OCc2cc(Br)ccc2C=O)c1. The Hall–Kier alpha value is -1.87. The number of carbonyl (C=O) groups is 1. The number of rotatable bonds is 4. The van der Waals surface area contributed by atoms with Crippen molar-refractivity contribution in [3.8, 4) is 5.75 Å². The quantitative estimate of drug-likeness (QED) is 0.557. The van der Waals surface area contributed by atoms with E-state index >= 15 is 0 Å². The van der Waals surface area contributed by atoms with E-state index in [0.29, 0.717) is 12.2 Å². The molecule has 0 bridgehead atoms. The van der Waals surface area contributed by atoms with Crippen LogP contribution in [0.25, 0.3) is 0 Å². The number of aryl methyl sites for hydroxylation is 2. The number of aldehydes is 1. The summed E-state index contributed by atoms with van der Waals surface area (Å²) in [5.74, 6) is 0.858. The summed E-state index contributed by atoms with van der Waals surface area (Å²) in [6.07, 6.45) is 0.855. The molecule has 0 radical (unpaired) electrons. The molecule has 0 aliphatic heterocycles. The lowest BCUT2D eigenvalue weighted by Gasteiger charge is -2.11. The molecule has 0 saturated carbocycles. The molecular weight excluding hydrogens is 328 g/mol. The van der Waals surface area contributed by atoms with Crippen LogP contribution in [0.3, 0.4) is 0 Å². The van der Waals surface area contributed by atoms with Crippen molar-refractivity contribution >= 4 is 22.2 Å². The van der Waals surface area contributed by atoms with Crippen LogP contribution in [-0.4, -0.2) is 6.29 Å². The zero-order chi connectivity index (χ0) is 15.8. The highest BCUT2D eigenvalue weighted by Gasteiger charge is 2.05. The van der Waals surface area contributed by atoms with Crippen LogP contribution in [0.2, 0.25) is 0 Å². The van der Waals surface area contributed by atoms with Gasteiger partial charge in [0.25, 0.3) is 0 Å². The molecule has 2 rings (SSSR count). The fraction of sp³-hybridized carbons (Fsp3) is 0.167. The molecule has 21 heavy (non-hydrogen) atoms. The molecule has 2 aromatic rings. The van der Waals surface area contributed by atoms with Gasteiger partial charge in [-0.15, -0.1) is 13.2 Å². The largest absolute Gasteiger partial charge is 0.489 e. The monoisotopic (exact) mass is 346 g/mol. The maximum atomic E-state index is 11.0. The number of ether oxygens (including phenoxy) is 1. The van der Waals surface area contributed by atoms with Crippen LogP contribution in [0.15, 0.2) is 54.0 Å². The molecule has 0 heterocycles. The minimum Gasteiger partial charge on any atom is -0.489 e. The summed E-state index contributed by atoms with van der Waals surface area (Å²) in [5.41, 5.74) is 3.79. The van der Waals surface area contributed by atoms with Crippen molar-refractivity contribution in [1.29, 1.82) is 0 Å². The molecule has 0 aromatic heterocycles. The van der Waals surface area contributed by atoms with Gasteiger partial charge < -0.3 is 4.74 Å². The number of halogens is 1. The second kappa shape index (κ2) is 8.42. The standard InChI is InChI=1S/C16H15BrO2.C2H4/c1-11-3-4-12(2)16(7-11)19-10-14-8-15(17)6-5-13(14)9-18;1-2/h3-9H,10H2,1-2H3;1-2H2. The van der Waals surface area contributed by atoms with E-state index < -0.39 is 0 Å². The van der Waals surface area contributed by atoms with E-state index in [1.54, 1.807) is 6.07 Å². The van der Waals surface area contributed by atoms with Gasteiger partial charge in [0.2, 0.25) is 0 Å². The lowest BCUT2D eigenvalue weighted by Crippen LogP contribution is -2.01. The fourth-order valence-electron chi connectivity index (χ4n) is 1.83. The van der Waals surface area contributed by atoms with Crippen molar-refractivity contribution in [1.82, 2.24) is 0 Å². The average molecular weight is 347 g/mol. The predicted octanol–water partition coefficient (Wildman–Crippen LogP) is 5.26. The summed E-state index contributed by atoms with van der Waals surface area (Å²) >= 11 is 3.41. The van der Waals surface area contributed by atoms with Gasteiger partial charge in [-0.2, -0.15) is 0 Å². The average Bonchev–Trinajstić information content (AvgIpc) is 2.50. The number of benzene rings is 2. The third kappa shape index (κ3) is 4.87. The van der Waals surface area contributed by atoms with Crippen molar-refractivity contribution in [3.05, 3.63) is 76.3 Å². The molecule has 0 saturated heterocycles. The Balaban J connectivity index is 0.00000106. The molecule has 0 N–H and O–H groups in total. The summed E-state index contributed by atoms with van der Waals surface area (Å²) in [6.45, 7) is 10.4. The number of hydrogen-bond acceptors (Lipinski definition) is 2. The normalized spacial score (nSPS) is 9.48. The minimum absolute atomic E-state index is 0.387. The Morgan fingerprint density at radius 3 is 2.52 bits per heavy atom. The molecule has 0 aliphatic carbocycles. The maximum absolute atomic E-state index is 11.0. The summed E-state index contributed by atoms with van der Waals surface area (Å²) in [7, 11) is 0. The van der Waals surface area contributed by atoms with E-state index in [-0.39, 0.29) is 0 Å². The maximum Gasteiger partial charge on any atom is 0.150 e. The first-order chi connectivity index (χ1) is 10.1. The lowest BCUT2D eigenvalue weighted by atomic mass is 10.1. The summed E-state index contributed by atoms with van der Waals surface area (Å²) in [4.78, 5) is 11.0. The second-order valence-corrected chi connectivity index (χ2v) is 5.43. The van der Waals surface area contributed by atoms with Crippen LogP contribution >= 0.6 is 15.9 Å². The highest BCUT2D eigenvalue weighted by atomic mass is 79.9. The fourth-order valence-corrected chi connectivity index (χ4v) is 2.24. The van der Waals surface area contributed by atoms with Crippen molar-refractivity contribution in [2.24, 2.45) is 0 Å². The van der Waals surface area contributed by atoms with E-state index in [1.807, 2.05) is 38.1 Å². The molecule has 0 fully saturated rings. The topological polar surface area (TPSA) is 26.3 Å². The van der Waals surface area contributed by atoms with Crippen LogP contribution in [0.4, 0.5) is 0 Å². The summed E-state index contributed by atoms with van der Waals surface area (Å²) in [6, 6.07) is 11.6. The first-order valence-electron chi connectivity index (χ1n) is 6.54. The third-order valence-corrected chi connectivity index (χ3v) is 3.45. The van der Waals surface area contributed by atoms with E-state index in [9.17, 15) is 4.79 Å². The molecule has 0 spiro atoms. The second-order valence-electron chi connectivity index (χ2n) is 4.52. The Labute approximate surface area is 134 Å². The Bertz CT molecular complexity index is 621. The zero-order valence-electron chi connectivity index (χ0n) is 12.4. The van der Waals surface area contributed by atoms with Crippen molar-refractivity contribution < 1.29 is 9.53 Å². The molecule has 110 valence electrons. The van der Waals surface area contributed by atoms with E-state index in [2.05, 4.69) is 35.2 Å². The number of hydrogen-bond donors (Lipinski definition) is 0. The predicted molar refractivity (Wildman–Crippen MR) is 91.0 cm³/mol. The zero-order valence-corrected chi connectivity index (χ0v) is 13.9. The van der Waals surface area contributed by atoms with Gasteiger partial charge in [0, 0.05) is 15.6 Å². The molecule has 3 heteroatoms. The minimum atomic E-state index is 0.387. The molecular formula is C18H19BrO2. The van der Waals surface area contributed by atoms with Crippen LogP contribution in [0.1, 0.15) is 27.0 Å². The summed E-state index contributed by atoms with van der Waals surface area (Å²) in [5, 5.41) is 0. The molecule has 2 nitrogen and oxygen atoms in total. The first kappa shape index (κ1) is 17.2. The molecule has 0 amide bonds. The molecule has 0 unspecified atom stereocenters. The molecule has 0 aliphatic rings. The van der Waals surface area contributed by atoms with Gasteiger partial charge in [-0.05, 0) is 43.2 Å². The Morgan fingerprint density at radius 1 is 1.14 bits per heavy atom. The van der Waals surface area contributed by atoms with Crippen LogP contribution in [0.5, 0.6) is 5.75 Å². The van der Waals surface area contributed by atoms with Gasteiger partial charge in [0.15, 0.2) is 0 Å². The van der Waals surface area contributed by atoms with E-state index in [4.69, 9.17) is 4.74 Å². The van der Waals surface area contributed by atoms with Crippen molar-refractivity contribution in [2.45, 2.75) is 20.5 Å². The smallest absolute Gasteiger partial charge is 0.150 e. The van der Waals surface area contributed by atoms with Gasteiger partial charge in [-0.1, -0.05) is 34.1 Å². The Kier molecular flexibility index (Phi) is 6.89. The van der Waals surface area contributed by atoms with E-state index in [0.717, 1.165) is 33.2 Å². The highest BCUT2D eigenvalue weighted by molar-refractivity contribution is 9.10. The van der Waals surface area contributed by atoms with Gasteiger partial charge in [0.1, 0.15) is 18.6 Å². The highest BCUT2D eigenvalue weighted by Crippen LogP contribution is 2.22. The van der Waals surface area contributed by atoms with Crippen LogP contribution < -0.4 is 4.74 Å². The van der Waals surface area contributed by atoms with E-state index in [1.165, 1.54) is 0 Å². The summed E-state index contributed by atoms with van der Waals surface area (Å²) < 4.78 is 6.76. The lowest BCUT2D eigenvalue weighted by molar-refractivity contribution is 0.112. The first-order valence-corrected chi connectivity index (χ1v) is 7.33. The number of carbonyl (C=O) groups excluding carboxylic acids is 1. The third-order valence-electron chi connectivity index (χ3n) is 2.96. The Morgan fingerprint density at radius 2 is 1.86 bits per heavy atom. The van der Waals surface area contributed by atoms with Crippen LogP contribution in [0, 0.1) is 13.8 Å². The molecule has 2 aromatic carbocycles. The van der Waals surface area contributed by atoms with Crippen LogP contribution in [-0.2, 0) is 6.61 Å². The van der Waals surface area contributed by atoms with Gasteiger partial charge >= 0.3 is 0 Å². The molecule has 0 atom stereocenters. The van der Waals surface area contributed by atoms with Gasteiger partial charge in [-0.3, -0.25) is 4.79 Å². The van der Waals surface area contributed by atoms with Crippen molar-refractivity contribution in [3.63, 3.8) is 0 Å².